The van der Waals surface area contributed by atoms with Gasteiger partial charge in [-0.2, -0.15) is 0 Å². The number of carbonyl (C=O) groups excluding carboxylic acids is 1. The molecule has 0 fully saturated rings. The number of hydrogen-bond acceptors (Lipinski definition) is 2. The van der Waals surface area contributed by atoms with Crippen LogP contribution < -0.4 is 10.6 Å². The molecule has 0 aromatic heterocycles. The Morgan fingerprint density at radius 3 is 2.57 bits per heavy atom. The lowest BCUT2D eigenvalue weighted by Gasteiger charge is -2.13. The molecule has 0 spiro atoms. The third-order valence-electron chi connectivity index (χ3n) is 2.81. The Morgan fingerprint density at radius 1 is 1.10 bits per heavy atom. The van der Waals surface area contributed by atoms with Gasteiger partial charge in [-0.1, -0.05) is 35.3 Å². The highest BCUT2D eigenvalue weighted by molar-refractivity contribution is 6.32. The molecule has 0 aliphatic rings. The van der Waals surface area contributed by atoms with E-state index in [0.717, 1.165) is 0 Å². The molecule has 2 aromatic carbocycles. The van der Waals surface area contributed by atoms with Crippen molar-refractivity contribution < 1.29 is 9.90 Å². The van der Waals surface area contributed by atoms with E-state index in [-0.39, 0.29) is 6.61 Å². The van der Waals surface area contributed by atoms with Gasteiger partial charge >= 0.3 is 6.03 Å². The van der Waals surface area contributed by atoms with Gasteiger partial charge in [0.15, 0.2) is 0 Å². The minimum atomic E-state index is -0.404. The number of halogens is 2. The molecule has 0 aliphatic carbocycles. The first-order chi connectivity index (χ1) is 10.1. The molecule has 0 aliphatic heterocycles. The molecule has 0 saturated carbocycles. The monoisotopic (exact) mass is 324 g/mol. The summed E-state index contributed by atoms with van der Waals surface area (Å²) in [6.45, 7) is -0.0473. The third kappa shape index (κ3) is 4.36. The highest BCUT2D eigenvalue weighted by atomic mass is 35.5. The van der Waals surface area contributed by atoms with Crippen LogP contribution in [0.25, 0.3) is 0 Å². The van der Waals surface area contributed by atoms with E-state index in [1.807, 2.05) is 0 Å². The van der Waals surface area contributed by atoms with Gasteiger partial charge in [0.2, 0.25) is 0 Å². The molecular weight excluding hydrogens is 311 g/mol. The molecular formula is C15H14Cl2N2O2. The van der Waals surface area contributed by atoms with Gasteiger partial charge in [-0.05, 0) is 42.3 Å². The molecule has 0 heterocycles. The number of amides is 2. The lowest BCUT2D eigenvalue weighted by atomic mass is 10.1. The van der Waals surface area contributed by atoms with Crippen LogP contribution in [-0.4, -0.2) is 17.7 Å². The number of nitrogens with one attached hydrogen (secondary N) is 2. The van der Waals surface area contributed by atoms with E-state index in [0.29, 0.717) is 33.4 Å². The number of aliphatic hydroxyl groups excluding tert-OH is 1. The standard InChI is InChI=1S/C15H14Cl2N2O2/c16-10-3-1-4-11(9-10)18-15(21)19-14-6-2-5-13(17)12(14)7-8-20/h1-6,9,20H,7-8H2,(H2,18,19,21). The van der Waals surface area contributed by atoms with Gasteiger partial charge in [0.1, 0.15) is 0 Å². The van der Waals surface area contributed by atoms with Crippen LogP contribution in [0.3, 0.4) is 0 Å². The zero-order valence-corrected chi connectivity index (χ0v) is 12.6. The molecule has 6 heteroatoms. The Morgan fingerprint density at radius 2 is 1.86 bits per heavy atom. The van der Waals surface area contributed by atoms with Crippen molar-refractivity contribution >= 4 is 40.6 Å². The van der Waals surface area contributed by atoms with E-state index in [9.17, 15) is 4.79 Å². The van der Waals surface area contributed by atoms with Crippen LogP contribution in [0.15, 0.2) is 42.5 Å². The lowest BCUT2D eigenvalue weighted by Crippen LogP contribution is -2.20. The van der Waals surface area contributed by atoms with Gasteiger partial charge < -0.3 is 15.7 Å². The largest absolute Gasteiger partial charge is 0.396 e. The van der Waals surface area contributed by atoms with E-state index in [2.05, 4.69) is 10.6 Å². The Hall–Kier alpha value is -1.75. The van der Waals surface area contributed by atoms with Crippen LogP contribution in [0.5, 0.6) is 0 Å². The summed E-state index contributed by atoms with van der Waals surface area (Å²) in [5.41, 5.74) is 1.85. The smallest absolute Gasteiger partial charge is 0.323 e. The number of urea groups is 1. The van der Waals surface area contributed by atoms with E-state index >= 15 is 0 Å². The summed E-state index contributed by atoms with van der Waals surface area (Å²) in [4.78, 5) is 12.0. The summed E-state index contributed by atoms with van der Waals surface area (Å²) in [6.07, 6.45) is 0.368. The fraction of sp³-hybridized carbons (Fsp3) is 0.133. The molecule has 21 heavy (non-hydrogen) atoms. The van der Waals surface area contributed by atoms with Crippen LogP contribution >= 0.6 is 23.2 Å². The van der Waals surface area contributed by atoms with Gasteiger partial charge in [0, 0.05) is 28.0 Å². The van der Waals surface area contributed by atoms with Crippen molar-refractivity contribution in [2.45, 2.75) is 6.42 Å². The maximum absolute atomic E-state index is 12.0. The molecule has 4 nitrogen and oxygen atoms in total. The molecule has 0 radical (unpaired) electrons. The number of benzene rings is 2. The first-order valence-corrected chi connectivity index (χ1v) is 7.07. The van der Waals surface area contributed by atoms with Crippen LogP contribution in [0.4, 0.5) is 16.2 Å². The maximum atomic E-state index is 12.0. The predicted molar refractivity (Wildman–Crippen MR) is 86.3 cm³/mol. The Kier molecular flexibility index (Phi) is 5.44. The molecule has 110 valence electrons. The van der Waals surface area contributed by atoms with E-state index in [1.54, 1.807) is 42.5 Å². The normalized spacial score (nSPS) is 10.2. The van der Waals surface area contributed by atoms with Crippen molar-refractivity contribution in [3.8, 4) is 0 Å². The quantitative estimate of drug-likeness (QED) is 0.790. The van der Waals surface area contributed by atoms with E-state index in [4.69, 9.17) is 28.3 Å². The molecule has 3 N–H and O–H groups in total. The minimum Gasteiger partial charge on any atom is -0.396 e. The van der Waals surface area contributed by atoms with Crippen molar-refractivity contribution in [1.82, 2.24) is 0 Å². The second-order valence-electron chi connectivity index (χ2n) is 4.33. The van der Waals surface area contributed by atoms with Gasteiger partial charge in [0.25, 0.3) is 0 Å². The number of rotatable bonds is 4. The van der Waals surface area contributed by atoms with Gasteiger partial charge in [-0.25, -0.2) is 4.79 Å². The number of carbonyl (C=O) groups is 1. The number of hydrogen-bond donors (Lipinski definition) is 3. The third-order valence-corrected chi connectivity index (χ3v) is 3.40. The Balaban J connectivity index is 2.11. The van der Waals surface area contributed by atoms with E-state index < -0.39 is 6.03 Å². The molecule has 2 rings (SSSR count). The van der Waals surface area contributed by atoms with Gasteiger partial charge in [-0.15, -0.1) is 0 Å². The van der Waals surface area contributed by atoms with Crippen molar-refractivity contribution in [2.24, 2.45) is 0 Å². The van der Waals surface area contributed by atoms with Crippen molar-refractivity contribution in [3.05, 3.63) is 58.1 Å². The summed E-state index contributed by atoms with van der Waals surface area (Å²) < 4.78 is 0. The van der Waals surface area contributed by atoms with E-state index in [1.165, 1.54) is 0 Å². The summed E-state index contributed by atoms with van der Waals surface area (Å²) >= 11 is 11.9. The highest BCUT2D eigenvalue weighted by Crippen LogP contribution is 2.25. The van der Waals surface area contributed by atoms with Crippen LogP contribution in [0, 0.1) is 0 Å². The molecule has 0 saturated heterocycles. The SMILES string of the molecule is O=C(Nc1cccc(Cl)c1)Nc1cccc(Cl)c1CCO. The maximum Gasteiger partial charge on any atom is 0.323 e. The predicted octanol–water partition coefficient (Wildman–Crippen LogP) is 4.17. The van der Waals surface area contributed by atoms with Gasteiger partial charge in [0.05, 0.1) is 0 Å². The summed E-state index contributed by atoms with van der Waals surface area (Å²) in [6, 6.07) is 11.6. The summed E-state index contributed by atoms with van der Waals surface area (Å²) in [5, 5.41) is 15.5. The minimum absolute atomic E-state index is 0.0473. The van der Waals surface area contributed by atoms with Crippen molar-refractivity contribution in [2.75, 3.05) is 17.2 Å². The first-order valence-electron chi connectivity index (χ1n) is 6.32. The molecule has 2 aromatic rings. The molecule has 0 atom stereocenters. The number of aliphatic hydroxyl groups is 1. The fourth-order valence-corrected chi connectivity index (χ4v) is 2.35. The lowest BCUT2D eigenvalue weighted by molar-refractivity contribution is 0.262. The van der Waals surface area contributed by atoms with Crippen LogP contribution in [-0.2, 0) is 6.42 Å². The van der Waals surface area contributed by atoms with Crippen molar-refractivity contribution in [3.63, 3.8) is 0 Å². The van der Waals surface area contributed by atoms with Gasteiger partial charge in [-0.3, -0.25) is 0 Å². The Bertz CT molecular complexity index is 647. The molecule has 0 unspecified atom stereocenters. The van der Waals surface area contributed by atoms with Crippen molar-refractivity contribution in [1.29, 1.82) is 0 Å². The molecule has 0 bridgehead atoms. The highest BCUT2D eigenvalue weighted by Gasteiger charge is 2.10. The second-order valence-corrected chi connectivity index (χ2v) is 5.17. The number of anilines is 2. The molecule has 2 amide bonds. The van der Waals surface area contributed by atoms with Crippen LogP contribution in [0.1, 0.15) is 5.56 Å². The summed E-state index contributed by atoms with van der Waals surface area (Å²) in [5.74, 6) is 0. The zero-order chi connectivity index (χ0) is 15.2. The topological polar surface area (TPSA) is 61.4 Å². The Labute approximate surface area is 132 Å². The first kappa shape index (κ1) is 15.6. The average molecular weight is 325 g/mol. The van der Waals surface area contributed by atoms with Crippen LogP contribution in [0.2, 0.25) is 10.0 Å². The fourth-order valence-electron chi connectivity index (χ4n) is 1.89. The second kappa shape index (κ2) is 7.31. The zero-order valence-electron chi connectivity index (χ0n) is 11.1. The average Bonchev–Trinajstić information content (AvgIpc) is 2.42. The summed E-state index contributed by atoms with van der Waals surface area (Å²) in [7, 11) is 0.